The first-order chi connectivity index (χ1) is 18.6. The summed E-state index contributed by atoms with van der Waals surface area (Å²) in [5, 5.41) is 5.41. The third kappa shape index (κ3) is 8.53. The highest BCUT2D eigenvalue weighted by Crippen LogP contribution is 2.30. The number of benzene rings is 2. The first kappa shape index (κ1) is 30.1. The van der Waals surface area contributed by atoms with Crippen molar-refractivity contribution in [3.8, 4) is 11.1 Å². The van der Waals surface area contributed by atoms with Crippen LogP contribution in [0.4, 0.5) is 4.39 Å². The molecule has 3 aromatic rings. The molecule has 0 radical (unpaired) electrons. The number of ether oxygens (including phenoxy) is 2. The zero-order valence-electron chi connectivity index (χ0n) is 22.4. The van der Waals surface area contributed by atoms with Gasteiger partial charge in [-0.1, -0.05) is 49.2 Å². The first-order valence-electron chi connectivity index (χ1n) is 12.9. The summed E-state index contributed by atoms with van der Waals surface area (Å²) < 4.78 is 30.5. The highest BCUT2D eigenvalue weighted by Gasteiger charge is 2.38. The molecule has 0 bridgehead atoms. The summed E-state index contributed by atoms with van der Waals surface area (Å²) in [6.07, 6.45) is 2.15. The van der Waals surface area contributed by atoms with Gasteiger partial charge in [0.05, 0.1) is 24.7 Å². The standard InChI is InChI=1S/C29H34ClFN2O6/c1-4-6-13-38-28(36)29(3,18-37-5-2)17-22(32-27(35)25-16-26(34)33-39-25)14-19-7-9-20(10-8-19)23-15-21(30)11-12-24(23)31/h7-12,15-16,22H,4-6,13-14,17-18H2,1-3H3,(H,32,35)(H,33,34)/t22-,29+/m1/s1. The van der Waals surface area contributed by atoms with Crippen LogP contribution in [0.15, 0.2) is 57.8 Å². The maximum atomic E-state index is 14.4. The largest absolute Gasteiger partial charge is 0.465 e. The molecule has 8 nitrogen and oxygen atoms in total. The Hall–Kier alpha value is -3.43. The fourth-order valence-electron chi connectivity index (χ4n) is 4.21. The number of carbonyl (C=O) groups excluding carboxylic acids is 2. The molecule has 1 aromatic heterocycles. The molecule has 1 heterocycles. The van der Waals surface area contributed by atoms with Crippen molar-refractivity contribution in [3.63, 3.8) is 0 Å². The van der Waals surface area contributed by atoms with Crippen LogP contribution in [0.1, 0.15) is 56.2 Å². The molecule has 2 aromatic carbocycles. The Kier molecular flexibility index (Phi) is 10.9. The van der Waals surface area contributed by atoms with E-state index in [0.29, 0.717) is 35.8 Å². The number of halogens is 2. The van der Waals surface area contributed by atoms with E-state index >= 15 is 0 Å². The smallest absolute Gasteiger partial charge is 0.314 e. The van der Waals surface area contributed by atoms with Crippen LogP contribution in [0.2, 0.25) is 5.02 Å². The number of hydrogen-bond acceptors (Lipinski definition) is 6. The SMILES string of the molecule is CCCCOC(=O)[C@](C)(COCC)C[C@@H](Cc1ccc(-c2cc(Cl)ccc2F)cc1)NC(=O)c1cc(=O)[nH]o1. The number of rotatable bonds is 14. The third-order valence-corrected chi connectivity index (χ3v) is 6.54. The van der Waals surface area contributed by atoms with Crippen LogP contribution in [0.25, 0.3) is 11.1 Å². The van der Waals surface area contributed by atoms with Gasteiger partial charge in [-0.15, -0.1) is 0 Å². The summed E-state index contributed by atoms with van der Waals surface area (Å²) in [4.78, 5) is 37.5. The van der Waals surface area contributed by atoms with Crippen molar-refractivity contribution < 1.29 is 28.0 Å². The van der Waals surface area contributed by atoms with Crippen LogP contribution in [0.5, 0.6) is 0 Å². The lowest BCUT2D eigenvalue weighted by Gasteiger charge is -2.31. The fraction of sp³-hybridized carbons (Fsp3) is 0.414. The van der Waals surface area contributed by atoms with E-state index < -0.39 is 34.7 Å². The second kappa shape index (κ2) is 14.1. The van der Waals surface area contributed by atoms with Crippen LogP contribution < -0.4 is 10.9 Å². The predicted octanol–water partition coefficient (Wildman–Crippen LogP) is 5.54. The van der Waals surface area contributed by atoms with E-state index in [0.717, 1.165) is 24.5 Å². The average molecular weight is 561 g/mol. The molecule has 3 rings (SSSR count). The van der Waals surface area contributed by atoms with E-state index in [9.17, 15) is 18.8 Å². The molecule has 2 atom stereocenters. The van der Waals surface area contributed by atoms with Gasteiger partial charge in [-0.3, -0.25) is 14.4 Å². The van der Waals surface area contributed by atoms with Crippen molar-refractivity contribution >= 4 is 23.5 Å². The van der Waals surface area contributed by atoms with Crippen LogP contribution in [-0.4, -0.2) is 42.9 Å². The van der Waals surface area contributed by atoms with Crippen LogP contribution >= 0.6 is 11.6 Å². The zero-order chi connectivity index (χ0) is 28.4. The normalized spacial score (nSPS) is 13.5. The highest BCUT2D eigenvalue weighted by atomic mass is 35.5. The summed E-state index contributed by atoms with van der Waals surface area (Å²) in [7, 11) is 0. The lowest BCUT2D eigenvalue weighted by Crippen LogP contribution is -2.45. The van der Waals surface area contributed by atoms with E-state index in [-0.39, 0.29) is 18.8 Å². The molecule has 2 N–H and O–H groups in total. The Bertz CT molecular complexity index is 1310. The molecular formula is C29H34ClFN2O6. The molecule has 0 aliphatic rings. The minimum Gasteiger partial charge on any atom is -0.465 e. The van der Waals surface area contributed by atoms with E-state index in [2.05, 4.69) is 10.5 Å². The minimum atomic E-state index is -1.05. The van der Waals surface area contributed by atoms with Gasteiger partial charge in [0, 0.05) is 23.2 Å². The summed E-state index contributed by atoms with van der Waals surface area (Å²) in [6, 6.07) is 12.0. The van der Waals surface area contributed by atoms with E-state index in [4.69, 9.17) is 25.6 Å². The second-order valence-electron chi connectivity index (χ2n) is 9.66. The summed E-state index contributed by atoms with van der Waals surface area (Å²) in [6.45, 7) is 6.39. The Morgan fingerprint density at radius 2 is 1.90 bits per heavy atom. The quantitative estimate of drug-likeness (QED) is 0.198. The van der Waals surface area contributed by atoms with Crippen molar-refractivity contribution in [2.75, 3.05) is 19.8 Å². The molecule has 0 saturated carbocycles. The molecule has 0 fully saturated rings. The lowest BCUT2D eigenvalue weighted by molar-refractivity contribution is -0.159. The molecule has 210 valence electrons. The molecule has 1 amide bonds. The molecule has 0 spiro atoms. The lowest BCUT2D eigenvalue weighted by atomic mass is 9.82. The molecule has 0 aliphatic carbocycles. The van der Waals surface area contributed by atoms with Gasteiger partial charge in [-0.05, 0) is 62.4 Å². The van der Waals surface area contributed by atoms with Crippen molar-refractivity contribution in [1.82, 2.24) is 10.5 Å². The van der Waals surface area contributed by atoms with Gasteiger partial charge >= 0.3 is 5.97 Å². The highest BCUT2D eigenvalue weighted by molar-refractivity contribution is 6.30. The number of hydrogen-bond donors (Lipinski definition) is 2. The van der Waals surface area contributed by atoms with Gasteiger partial charge in [-0.25, -0.2) is 4.39 Å². The number of esters is 1. The van der Waals surface area contributed by atoms with Crippen molar-refractivity contribution in [1.29, 1.82) is 0 Å². The topological polar surface area (TPSA) is 111 Å². The summed E-state index contributed by atoms with van der Waals surface area (Å²) >= 11 is 6.05. The number of aromatic amines is 1. The number of nitrogens with one attached hydrogen (secondary N) is 2. The molecule has 0 aliphatic heterocycles. The van der Waals surface area contributed by atoms with Gasteiger partial charge in [0.2, 0.25) is 5.76 Å². The van der Waals surface area contributed by atoms with Gasteiger partial charge in [0.25, 0.3) is 11.5 Å². The van der Waals surface area contributed by atoms with E-state index in [1.54, 1.807) is 25.1 Å². The van der Waals surface area contributed by atoms with Crippen LogP contribution in [0, 0.1) is 11.2 Å². The third-order valence-electron chi connectivity index (χ3n) is 6.30. The maximum Gasteiger partial charge on any atom is 0.314 e. The van der Waals surface area contributed by atoms with Crippen LogP contribution in [-0.2, 0) is 20.7 Å². The molecule has 10 heteroatoms. The summed E-state index contributed by atoms with van der Waals surface area (Å²) in [5.74, 6) is -1.58. The zero-order valence-corrected chi connectivity index (χ0v) is 23.1. The Labute approximate surface area is 231 Å². The number of H-pyrrole nitrogens is 1. The molecule has 0 saturated heterocycles. The van der Waals surface area contributed by atoms with Crippen molar-refractivity contribution in [3.05, 3.63) is 81.0 Å². The summed E-state index contributed by atoms with van der Waals surface area (Å²) in [5.41, 5.74) is 0.265. The molecule has 0 unspecified atom stereocenters. The average Bonchev–Trinajstić information content (AvgIpc) is 3.36. The van der Waals surface area contributed by atoms with Crippen LogP contribution in [0.3, 0.4) is 0 Å². The van der Waals surface area contributed by atoms with Gasteiger partial charge in [0.1, 0.15) is 5.82 Å². The Balaban J connectivity index is 1.86. The number of unbranched alkanes of at least 4 members (excludes halogenated alkanes) is 1. The molecular weight excluding hydrogens is 527 g/mol. The number of amides is 1. The van der Waals surface area contributed by atoms with E-state index in [1.165, 1.54) is 12.1 Å². The van der Waals surface area contributed by atoms with E-state index in [1.807, 2.05) is 26.0 Å². The van der Waals surface area contributed by atoms with Gasteiger partial charge in [0.15, 0.2) is 0 Å². The fourth-order valence-corrected chi connectivity index (χ4v) is 4.38. The first-order valence-corrected chi connectivity index (χ1v) is 13.3. The maximum absolute atomic E-state index is 14.4. The Morgan fingerprint density at radius 1 is 1.15 bits per heavy atom. The minimum absolute atomic E-state index is 0.104. The second-order valence-corrected chi connectivity index (χ2v) is 10.1. The van der Waals surface area contributed by atoms with Crippen molar-refractivity contribution in [2.24, 2.45) is 5.41 Å². The number of carbonyl (C=O) groups is 2. The monoisotopic (exact) mass is 560 g/mol. The number of aromatic nitrogens is 1. The Morgan fingerprint density at radius 3 is 2.54 bits per heavy atom. The molecule has 39 heavy (non-hydrogen) atoms. The van der Waals surface area contributed by atoms with Crippen molar-refractivity contribution in [2.45, 2.75) is 52.5 Å². The predicted molar refractivity (Wildman–Crippen MR) is 146 cm³/mol. The van der Waals surface area contributed by atoms with Gasteiger partial charge in [-0.2, -0.15) is 5.16 Å². The van der Waals surface area contributed by atoms with Gasteiger partial charge < -0.3 is 19.3 Å².